The highest BCUT2D eigenvalue weighted by Crippen LogP contribution is 2.34. The molecular weight excluding hydrogens is 473 g/mol. The molecule has 0 aliphatic carbocycles. The Balaban J connectivity index is 1.40. The van der Waals surface area contributed by atoms with Crippen molar-refractivity contribution < 1.29 is 27.4 Å². The summed E-state index contributed by atoms with van der Waals surface area (Å²) >= 11 is 0. The van der Waals surface area contributed by atoms with Gasteiger partial charge in [-0.25, -0.2) is 4.79 Å². The molecular formula is C28H26F3O3S+. The summed E-state index contributed by atoms with van der Waals surface area (Å²) in [5, 5.41) is 2.13. The fourth-order valence-electron chi connectivity index (χ4n) is 3.94. The van der Waals surface area contributed by atoms with Gasteiger partial charge < -0.3 is 9.47 Å². The van der Waals surface area contributed by atoms with Crippen molar-refractivity contribution in [2.45, 2.75) is 43.4 Å². The molecule has 4 rings (SSSR count). The van der Waals surface area contributed by atoms with Gasteiger partial charge >= 0.3 is 12.1 Å². The summed E-state index contributed by atoms with van der Waals surface area (Å²) < 4.78 is 49.4. The van der Waals surface area contributed by atoms with Gasteiger partial charge in [0, 0.05) is 27.2 Å². The Labute approximate surface area is 206 Å². The molecule has 0 bridgehead atoms. The zero-order chi connectivity index (χ0) is 25.1. The summed E-state index contributed by atoms with van der Waals surface area (Å²) in [7, 11) is 0.258. The first-order chi connectivity index (χ1) is 16.6. The van der Waals surface area contributed by atoms with Gasteiger partial charge in [-0.15, -0.1) is 0 Å². The number of fused-ring (bicyclic) bond motifs is 1. The van der Waals surface area contributed by atoms with E-state index in [0.29, 0.717) is 11.3 Å². The number of hydrogen-bond acceptors (Lipinski definition) is 3. The van der Waals surface area contributed by atoms with Crippen molar-refractivity contribution in [2.24, 2.45) is 0 Å². The molecule has 3 aromatic carbocycles. The number of hydrogen-bond donors (Lipinski definition) is 0. The van der Waals surface area contributed by atoms with Crippen LogP contribution in [-0.4, -0.2) is 29.7 Å². The van der Waals surface area contributed by atoms with Crippen molar-refractivity contribution in [3.63, 3.8) is 0 Å². The Morgan fingerprint density at radius 1 is 0.943 bits per heavy atom. The zero-order valence-corrected chi connectivity index (χ0v) is 20.4. The number of alkyl halides is 3. The molecule has 0 N–H and O–H groups in total. The molecule has 3 nitrogen and oxygen atoms in total. The fraction of sp³-hybridized carbons (Fsp3) is 0.321. The third-order valence-electron chi connectivity index (χ3n) is 5.62. The van der Waals surface area contributed by atoms with E-state index in [4.69, 9.17) is 9.47 Å². The van der Waals surface area contributed by atoms with E-state index in [1.54, 1.807) is 13.8 Å². The summed E-state index contributed by atoms with van der Waals surface area (Å²) in [6, 6.07) is 16.6. The molecule has 1 heterocycles. The number of ether oxygens (including phenoxy) is 2. The molecule has 0 aromatic heterocycles. The smallest absolute Gasteiger partial charge is 0.416 e. The summed E-state index contributed by atoms with van der Waals surface area (Å²) in [4.78, 5) is 13.8. The monoisotopic (exact) mass is 499 g/mol. The number of carbonyl (C=O) groups excluding carboxylic acids is 1. The van der Waals surface area contributed by atoms with Crippen LogP contribution < -0.4 is 4.74 Å². The van der Waals surface area contributed by atoms with Crippen molar-refractivity contribution >= 4 is 27.6 Å². The molecule has 0 amide bonds. The van der Waals surface area contributed by atoms with Gasteiger partial charge in [-0.05, 0) is 69.2 Å². The Bertz CT molecular complexity index is 1260. The maximum absolute atomic E-state index is 12.7. The Hall–Kier alpha value is -3.11. The minimum absolute atomic E-state index is 0.258. The lowest BCUT2D eigenvalue weighted by molar-refractivity contribution is -0.154. The van der Waals surface area contributed by atoms with Crippen molar-refractivity contribution in [3.8, 4) is 17.6 Å². The molecule has 3 aromatic rings. The van der Waals surface area contributed by atoms with Crippen molar-refractivity contribution in [1.82, 2.24) is 0 Å². The number of rotatable bonds is 5. The molecule has 0 atom stereocenters. The first-order valence-electron chi connectivity index (χ1n) is 11.4. The second kappa shape index (κ2) is 10.2. The van der Waals surface area contributed by atoms with Crippen LogP contribution in [0.1, 0.15) is 37.8 Å². The lowest BCUT2D eigenvalue weighted by Crippen LogP contribution is -2.29. The molecule has 0 unspecified atom stereocenters. The van der Waals surface area contributed by atoms with Gasteiger partial charge in [-0.3, -0.25) is 0 Å². The highest BCUT2D eigenvalue weighted by atomic mass is 32.2. The predicted molar refractivity (Wildman–Crippen MR) is 133 cm³/mol. The number of carbonyl (C=O) groups is 1. The quantitative estimate of drug-likeness (QED) is 0.232. The maximum atomic E-state index is 12.7. The average Bonchev–Trinajstić information content (AvgIpc) is 3.35. The van der Waals surface area contributed by atoms with E-state index >= 15 is 0 Å². The van der Waals surface area contributed by atoms with Gasteiger partial charge in [0.2, 0.25) is 0 Å². The van der Waals surface area contributed by atoms with E-state index in [-0.39, 0.29) is 17.5 Å². The Morgan fingerprint density at radius 2 is 1.60 bits per heavy atom. The first kappa shape index (κ1) is 25.0. The third-order valence-corrected chi connectivity index (χ3v) is 8.16. The molecule has 0 spiro atoms. The lowest BCUT2D eigenvalue weighted by atomic mass is 10.1. The van der Waals surface area contributed by atoms with Crippen molar-refractivity contribution in [1.29, 1.82) is 0 Å². The van der Waals surface area contributed by atoms with Crippen molar-refractivity contribution in [2.75, 3.05) is 18.1 Å². The van der Waals surface area contributed by atoms with Crippen molar-refractivity contribution in [3.05, 3.63) is 71.8 Å². The van der Waals surface area contributed by atoms with Crippen LogP contribution in [0.5, 0.6) is 5.75 Å². The minimum atomic E-state index is -4.40. The number of esters is 1. The van der Waals surface area contributed by atoms with Gasteiger partial charge in [-0.2, -0.15) is 13.2 Å². The predicted octanol–water partition coefficient (Wildman–Crippen LogP) is 6.38. The SMILES string of the molecule is CC(C)(C#Cc1ccc(C(F)(F)F)cc1)OC(=O)COc1ccc([S+]2CCCC2)c2ccccc12. The summed E-state index contributed by atoms with van der Waals surface area (Å²) in [6.45, 7) is 2.96. The molecule has 7 heteroatoms. The minimum Gasteiger partial charge on any atom is -0.481 e. The fourth-order valence-corrected chi connectivity index (χ4v) is 6.44. The van der Waals surface area contributed by atoms with Crippen LogP contribution in [0.3, 0.4) is 0 Å². The van der Waals surface area contributed by atoms with E-state index in [1.165, 1.54) is 41.4 Å². The molecule has 0 radical (unpaired) electrons. The van der Waals surface area contributed by atoms with Crippen LogP contribution in [0.25, 0.3) is 10.8 Å². The molecule has 182 valence electrons. The average molecular weight is 500 g/mol. The second-order valence-corrected chi connectivity index (χ2v) is 11.1. The second-order valence-electron chi connectivity index (χ2n) is 8.81. The van der Waals surface area contributed by atoms with Gasteiger partial charge in [-0.1, -0.05) is 30.0 Å². The first-order valence-corrected chi connectivity index (χ1v) is 12.9. The van der Waals surface area contributed by atoms with E-state index in [9.17, 15) is 18.0 Å². The highest BCUT2D eigenvalue weighted by Gasteiger charge is 2.30. The van der Waals surface area contributed by atoms with Crippen LogP contribution in [0.4, 0.5) is 13.2 Å². The molecule has 1 fully saturated rings. The topological polar surface area (TPSA) is 35.5 Å². The standard InChI is InChI=1S/C28H26F3O3S/c1-27(2,16-15-20-9-11-21(12-10-20)28(29,30)31)34-26(32)19-33-24-13-14-25(35-17-5-6-18-35)23-8-4-3-7-22(23)24/h3-4,7-14H,5-6,17-19H2,1-2H3/q+1. The molecule has 35 heavy (non-hydrogen) atoms. The molecule has 1 aliphatic heterocycles. The number of benzene rings is 3. The zero-order valence-electron chi connectivity index (χ0n) is 19.6. The summed E-state index contributed by atoms with van der Waals surface area (Å²) in [6.07, 6.45) is -1.87. The van der Waals surface area contributed by atoms with Gasteiger partial charge in [0.05, 0.1) is 5.56 Å². The van der Waals surface area contributed by atoms with Crippen LogP contribution in [0.2, 0.25) is 0 Å². The number of halogens is 3. The van der Waals surface area contributed by atoms with Crippen LogP contribution in [0.15, 0.2) is 65.6 Å². The molecule has 1 aliphatic rings. The molecule has 0 saturated carbocycles. The lowest BCUT2D eigenvalue weighted by Gasteiger charge is -2.19. The Morgan fingerprint density at radius 3 is 2.26 bits per heavy atom. The third kappa shape index (κ3) is 6.32. The van der Waals surface area contributed by atoms with E-state index in [0.717, 1.165) is 22.9 Å². The normalized spacial score (nSPS) is 14.4. The van der Waals surface area contributed by atoms with E-state index in [1.807, 2.05) is 24.3 Å². The van der Waals surface area contributed by atoms with Crippen LogP contribution in [0, 0.1) is 11.8 Å². The van der Waals surface area contributed by atoms with Gasteiger partial charge in [0.25, 0.3) is 0 Å². The largest absolute Gasteiger partial charge is 0.481 e. The Kier molecular flexibility index (Phi) is 7.32. The van der Waals surface area contributed by atoms with Crippen LogP contribution in [-0.2, 0) is 26.6 Å². The van der Waals surface area contributed by atoms with E-state index in [2.05, 4.69) is 24.0 Å². The highest BCUT2D eigenvalue weighted by molar-refractivity contribution is 7.97. The summed E-state index contributed by atoms with van der Waals surface area (Å²) in [5.41, 5.74) is -1.48. The molecule has 1 saturated heterocycles. The van der Waals surface area contributed by atoms with E-state index < -0.39 is 23.3 Å². The summed E-state index contributed by atoms with van der Waals surface area (Å²) in [5.74, 6) is 8.05. The van der Waals surface area contributed by atoms with Gasteiger partial charge in [0.1, 0.15) is 17.3 Å². The maximum Gasteiger partial charge on any atom is 0.416 e. The van der Waals surface area contributed by atoms with Gasteiger partial charge in [0.15, 0.2) is 17.1 Å². The van der Waals surface area contributed by atoms with Crippen LogP contribution >= 0.6 is 0 Å².